The predicted molar refractivity (Wildman–Crippen MR) is 213 cm³/mol. The van der Waals surface area contributed by atoms with Crippen molar-refractivity contribution in [3.8, 4) is 33.6 Å². The lowest BCUT2D eigenvalue weighted by atomic mass is 10.0. The van der Waals surface area contributed by atoms with Crippen LogP contribution >= 0.6 is 0 Å². The highest BCUT2D eigenvalue weighted by atomic mass is 16.5. The van der Waals surface area contributed by atoms with Crippen LogP contribution in [0.5, 0.6) is 0 Å². The predicted octanol–water partition coefficient (Wildman–Crippen LogP) is 6.73. The molecule has 12 nitrogen and oxygen atoms in total. The molecular formula is C43H48N4O8. The van der Waals surface area contributed by atoms with E-state index in [1.807, 2.05) is 66.7 Å². The molecule has 0 spiro atoms. The van der Waals surface area contributed by atoms with Gasteiger partial charge in [0.1, 0.15) is 18.0 Å². The molecule has 0 unspecified atom stereocenters. The average Bonchev–Trinajstić information content (AvgIpc) is 3.23. The monoisotopic (exact) mass is 748 g/mol. The second-order valence-electron chi connectivity index (χ2n) is 12.6. The molecule has 288 valence electrons. The van der Waals surface area contributed by atoms with E-state index >= 15 is 0 Å². The topological polar surface area (TPSA) is 133 Å². The summed E-state index contributed by atoms with van der Waals surface area (Å²) in [4.78, 5) is 39.4. The van der Waals surface area contributed by atoms with E-state index in [9.17, 15) is 14.7 Å². The van der Waals surface area contributed by atoms with E-state index in [1.54, 1.807) is 64.8 Å². The zero-order valence-corrected chi connectivity index (χ0v) is 31.8. The molecule has 0 aliphatic carbocycles. The summed E-state index contributed by atoms with van der Waals surface area (Å²) >= 11 is 0. The smallest absolute Gasteiger partial charge is 0.338 e. The highest BCUT2D eigenvalue weighted by Gasteiger charge is 2.25. The van der Waals surface area contributed by atoms with Crippen molar-refractivity contribution in [3.05, 3.63) is 120 Å². The molecule has 0 atom stereocenters. The van der Waals surface area contributed by atoms with Gasteiger partial charge in [-0.1, -0.05) is 78.9 Å². The van der Waals surface area contributed by atoms with Crippen molar-refractivity contribution in [2.45, 2.75) is 6.61 Å². The lowest BCUT2D eigenvalue weighted by Crippen LogP contribution is -2.34. The highest BCUT2D eigenvalue weighted by Crippen LogP contribution is 2.37. The van der Waals surface area contributed by atoms with E-state index in [1.165, 1.54) is 0 Å². The van der Waals surface area contributed by atoms with Gasteiger partial charge in [-0.3, -0.25) is 0 Å². The number of methoxy groups -OCH3 is 4. The summed E-state index contributed by atoms with van der Waals surface area (Å²) in [6.45, 7) is 4.04. The molecular weight excluding hydrogens is 700 g/mol. The fourth-order valence-corrected chi connectivity index (χ4v) is 5.90. The molecule has 0 saturated heterocycles. The number of carbonyl (C=O) groups is 2. The van der Waals surface area contributed by atoms with E-state index in [0.29, 0.717) is 81.2 Å². The van der Waals surface area contributed by atoms with E-state index in [2.05, 4.69) is 9.80 Å². The lowest BCUT2D eigenvalue weighted by Gasteiger charge is -2.30. The van der Waals surface area contributed by atoms with Crippen molar-refractivity contribution >= 4 is 23.6 Å². The molecule has 4 aromatic carbocycles. The van der Waals surface area contributed by atoms with Gasteiger partial charge in [0, 0.05) is 65.7 Å². The Morgan fingerprint density at radius 3 is 1.33 bits per heavy atom. The maximum atomic E-state index is 13.0. The summed E-state index contributed by atoms with van der Waals surface area (Å²) in [5.41, 5.74) is 6.22. The van der Waals surface area contributed by atoms with Gasteiger partial charge in [-0.15, -0.1) is 0 Å². The maximum absolute atomic E-state index is 13.0. The molecule has 0 amide bonds. The number of nitrogens with zero attached hydrogens (tertiary/aromatic N) is 4. The van der Waals surface area contributed by atoms with Crippen molar-refractivity contribution in [2.24, 2.45) is 0 Å². The van der Waals surface area contributed by atoms with Crippen molar-refractivity contribution in [3.63, 3.8) is 0 Å². The van der Waals surface area contributed by atoms with Crippen LogP contribution in [-0.2, 0) is 30.3 Å². The van der Waals surface area contributed by atoms with Gasteiger partial charge in [-0.05, 0) is 41.0 Å². The molecule has 0 radical (unpaired) electrons. The largest absolute Gasteiger partial charge is 0.478 e. The number of carboxylic acid groups (broad SMARTS) is 1. The number of esters is 1. The number of aromatic nitrogens is 2. The SMILES string of the molecule is COCCN(CCOC)c1nc(-c2ccc(-c3ccc(C(=O)O)cc3)cc2)c(N(CCOC)CCOC)nc1-c1ccc(C(=O)OCc2ccccc2)cc1. The number of carboxylic acids is 1. The second-order valence-corrected chi connectivity index (χ2v) is 12.6. The Kier molecular flexibility index (Phi) is 15.3. The Balaban J connectivity index is 1.62. The third-order valence-electron chi connectivity index (χ3n) is 8.95. The summed E-state index contributed by atoms with van der Waals surface area (Å²) < 4.78 is 27.6. The van der Waals surface area contributed by atoms with Gasteiger partial charge in [-0.25, -0.2) is 19.6 Å². The van der Waals surface area contributed by atoms with Crippen LogP contribution in [0.2, 0.25) is 0 Å². The molecule has 0 saturated carbocycles. The Morgan fingerprint density at radius 1 is 0.527 bits per heavy atom. The van der Waals surface area contributed by atoms with Crippen molar-refractivity contribution in [2.75, 3.05) is 90.8 Å². The van der Waals surface area contributed by atoms with E-state index in [4.69, 9.17) is 33.7 Å². The van der Waals surface area contributed by atoms with E-state index in [-0.39, 0.29) is 12.2 Å². The first-order chi connectivity index (χ1) is 26.9. The number of hydrogen-bond donors (Lipinski definition) is 1. The summed E-state index contributed by atoms with van der Waals surface area (Å²) in [5.74, 6) is -0.137. The maximum Gasteiger partial charge on any atom is 0.338 e. The minimum Gasteiger partial charge on any atom is -0.478 e. The summed E-state index contributed by atoms with van der Waals surface area (Å²) in [7, 11) is 6.64. The van der Waals surface area contributed by atoms with Gasteiger partial charge in [0.2, 0.25) is 0 Å². The molecule has 0 aliphatic rings. The molecule has 0 bridgehead atoms. The van der Waals surface area contributed by atoms with Crippen LogP contribution in [0.15, 0.2) is 103 Å². The number of rotatable bonds is 21. The molecule has 0 fully saturated rings. The van der Waals surface area contributed by atoms with Gasteiger partial charge in [0.15, 0.2) is 11.6 Å². The van der Waals surface area contributed by atoms with E-state index < -0.39 is 11.9 Å². The van der Waals surface area contributed by atoms with Crippen LogP contribution in [0.3, 0.4) is 0 Å². The number of benzene rings is 4. The fourth-order valence-electron chi connectivity index (χ4n) is 5.90. The fraction of sp³-hybridized carbons (Fsp3) is 0.302. The van der Waals surface area contributed by atoms with E-state index in [0.717, 1.165) is 27.8 Å². The van der Waals surface area contributed by atoms with Gasteiger partial charge in [0.05, 0.1) is 37.6 Å². The van der Waals surface area contributed by atoms with Crippen LogP contribution in [0.1, 0.15) is 26.3 Å². The summed E-state index contributed by atoms with van der Waals surface area (Å²) in [6, 6.07) is 31.5. The van der Waals surface area contributed by atoms with Crippen LogP contribution in [0, 0.1) is 0 Å². The van der Waals surface area contributed by atoms with Crippen LogP contribution < -0.4 is 9.80 Å². The summed E-state index contributed by atoms with van der Waals surface area (Å²) in [5, 5.41) is 9.36. The van der Waals surface area contributed by atoms with Gasteiger partial charge >= 0.3 is 11.9 Å². The van der Waals surface area contributed by atoms with Gasteiger partial charge < -0.3 is 38.6 Å². The third kappa shape index (κ3) is 11.0. The van der Waals surface area contributed by atoms with Crippen molar-refractivity contribution < 1.29 is 38.4 Å². The second kappa shape index (κ2) is 20.7. The minimum absolute atomic E-state index is 0.173. The highest BCUT2D eigenvalue weighted by molar-refractivity contribution is 5.91. The van der Waals surface area contributed by atoms with Crippen molar-refractivity contribution in [1.29, 1.82) is 0 Å². The van der Waals surface area contributed by atoms with Crippen LogP contribution in [-0.4, -0.2) is 108 Å². The lowest BCUT2D eigenvalue weighted by molar-refractivity contribution is 0.0472. The Morgan fingerprint density at radius 2 is 0.909 bits per heavy atom. The van der Waals surface area contributed by atoms with Crippen molar-refractivity contribution in [1.82, 2.24) is 9.97 Å². The normalized spacial score (nSPS) is 11.0. The number of carbonyl (C=O) groups excluding carboxylic acids is 1. The Labute approximate surface area is 322 Å². The number of ether oxygens (including phenoxy) is 5. The number of anilines is 2. The first-order valence-corrected chi connectivity index (χ1v) is 18.0. The standard InChI is InChI=1S/C43H48N4O8/c1-51-26-22-46(23-27-52-2)40-38(34-14-10-32(11-15-34)33-12-18-36(19-13-33)42(48)49)44-41(47(24-28-53-3)25-29-54-4)39(45-40)35-16-20-37(21-17-35)43(50)55-30-31-8-6-5-7-9-31/h5-21H,22-30H2,1-4H3,(H,48,49). The molecule has 5 rings (SSSR count). The molecule has 12 heteroatoms. The number of hydrogen-bond acceptors (Lipinski definition) is 11. The third-order valence-corrected chi connectivity index (χ3v) is 8.95. The Bertz CT molecular complexity index is 1940. The quantitative estimate of drug-likeness (QED) is 0.0798. The molecule has 1 N–H and O–H groups in total. The van der Waals surface area contributed by atoms with Crippen LogP contribution in [0.4, 0.5) is 11.6 Å². The molecule has 55 heavy (non-hydrogen) atoms. The zero-order chi connectivity index (χ0) is 39.0. The summed E-state index contributed by atoms with van der Waals surface area (Å²) in [6.07, 6.45) is 0. The first-order valence-electron chi connectivity index (χ1n) is 18.0. The zero-order valence-electron chi connectivity index (χ0n) is 31.8. The molecule has 1 aromatic heterocycles. The molecule has 5 aromatic rings. The Hall–Kier alpha value is -5.66. The minimum atomic E-state index is -0.971. The van der Waals surface area contributed by atoms with Crippen LogP contribution in [0.25, 0.3) is 33.6 Å². The molecule has 1 heterocycles. The number of aromatic carboxylic acids is 1. The molecule has 0 aliphatic heterocycles. The first kappa shape index (κ1) is 40.5. The van der Waals surface area contributed by atoms with Gasteiger partial charge in [0.25, 0.3) is 0 Å². The average molecular weight is 749 g/mol. The van der Waals surface area contributed by atoms with Gasteiger partial charge in [-0.2, -0.15) is 0 Å².